The predicted octanol–water partition coefficient (Wildman–Crippen LogP) is 2.73. The van der Waals surface area contributed by atoms with E-state index in [0.717, 1.165) is 0 Å². The molecule has 0 aliphatic heterocycles. The van der Waals surface area contributed by atoms with Gasteiger partial charge in [0.25, 0.3) is 10.0 Å². The molecule has 4 rings (SSSR count). The molecule has 1 heterocycles. The van der Waals surface area contributed by atoms with Gasteiger partial charge in [-0.15, -0.1) is 5.23 Å². The second kappa shape index (κ2) is 8.83. The monoisotopic (exact) mass is 447 g/mol. The minimum Gasteiger partial charge on any atom is -0.337 e. The lowest BCUT2D eigenvalue weighted by Crippen LogP contribution is -2.18. The largest absolute Gasteiger partial charge is 0.337 e. The fourth-order valence-corrected chi connectivity index (χ4v) is 3.97. The van der Waals surface area contributed by atoms with Crippen molar-refractivity contribution in [2.24, 2.45) is 0 Å². The van der Waals surface area contributed by atoms with Crippen LogP contribution in [0.25, 0.3) is 11.0 Å². The summed E-state index contributed by atoms with van der Waals surface area (Å²) in [5, 5.41) is 13.3. The molecule has 0 fully saturated rings. The minimum atomic E-state index is -4.07. The van der Waals surface area contributed by atoms with Gasteiger partial charge in [0.15, 0.2) is 11.6 Å². The van der Waals surface area contributed by atoms with Crippen LogP contribution in [0.5, 0.6) is 0 Å². The summed E-state index contributed by atoms with van der Waals surface area (Å²) in [6.07, 6.45) is 0. The van der Waals surface area contributed by atoms with Gasteiger partial charge in [-0.2, -0.15) is 0 Å². The molecule has 4 aromatic rings. The molecule has 0 saturated carbocycles. The SMILES string of the molecule is [B]c1ccc(Nc2nc3ccccc3nc2NS(=O)(=O)c2cccc(N(O)OC)c2)cc1. The second-order valence-electron chi connectivity index (χ2n) is 6.71. The van der Waals surface area contributed by atoms with E-state index in [4.69, 9.17) is 12.7 Å². The molecule has 0 atom stereocenters. The Hall–Kier alpha value is -3.67. The zero-order valence-electron chi connectivity index (χ0n) is 16.9. The van der Waals surface area contributed by atoms with Crippen LogP contribution in [-0.2, 0) is 14.9 Å². The average molecular weight is 447 g/mol. The quantitative estimate of drug-likeness (QED) is 0.293. The highest BCUT2D eigenvalue weighted by atomic mass is 32.2. The van der Waals surface area contributed by atoms with Crippen LogP contribution < -0.4 is 20.7 Å². The molecule has 3 aromatic carbocycles. The normalized spacial score (nSPS) is 11.3. The van der Waals surface area contributed by atoms with Gasteiger partial charge in [0.1, 0.15) is 7.85 Å². The van der Waals surface area contributed by atoms with Gasteiger partial charge in [-0.05, 0) is 42.5 Å². The number of nitrogens with one attached hydrogen (secondary N) is 2. The first kappa shape index (κ1) is 21.6. The number of anilines is 4. The van der Waals surface area contributed by atoms with E-state index < -0.39 is 10.0 Å². The lowest BCUT2D eigenvalue weighted by atomic mass is 9.96. The van der Waals surface area contributed by atoms with Crippen molar-refractivity contribution in [2.75, 3.05) is 22.4 Å². The van der Waals surface area contributed by atoms with Crippen molar-refractivity contribution < 1.29 is 18.5 Å². The molecule has 0 bridgehead atoms. The van der Waals surface area contributed by atoms with E-state index >= 15 is 0 Å². The molecule has 9 nitrogen and oxygen atoms in total. The molecule has 160 valence electrons. The van der Waals surface area contributed by atoms with Gasteiger partial charge in [0.05, 0.1) is 28.7 Å². The van der Waals surface area contributed by atoms with Crippen LogP contribution in [0.3, 0.4) is 0 Å². The first-order valence-corrected chi connectivity index (χ1v) is 10.9. The van der Waals surface area contributed by atoms with Gasteiger partial charge in [-0.25, -0.2) is 18.4 Å². The van der Waals surface area contributed by atoms with Crippen LogP contribution in [-0.4, -0.2) is 38.5 Å². The maximum absolute atomic E-state index is 13.1. The van der Waals surface area contributed by atoms with Crippen molar-refractivity contribution in [1.82, 2.24) is 9.97 Å². The summed E-state index contributed by atoms with van der Waals surface area (Å²) >= 11 is 0. The van der Waals surface area contributed by atoms with Crippen molar-refractivity contribution in [3.05, 3.63) is 72.8 Å². The molecule has 32 heavy (non-hydrogen) atoms. The summed E-state index contributed by atoms with van der Waals surface area (Å²) in [4.78, 5) is 13.6. The summed E-state index contributed by atoms with van der Waals surface area (Å²) in [5.41, 5.74) is 2.49. The number of para-hydroxylation sites is 2. The number of hydrogen-bond donors (Lipinski definition) is 3. The van der Waals surface area contributed by atoms with Crippen molar-refractivity contribution in [1.29, 1.82) is 0 Å². The molecule has 1 aromatic heterocycles. The first-order valence-electron chi connectivity index (χ1n) is 9.41. The van der Waals surface area contributed by atoms with Crippen molar-refractivity contribution in [3.8, 4) is 0 Å². The Morgan fingerprint density at radius 1 is 0.938 bits per heavy atom. The summed E-state index contributed by atoms with van der Waals surface area (Å²) in [6.45, 7) is 0. The van der Waals surface area contributed by atoms with E-state index in [9.17, 15) is 13.6 Å². The lowest BCUT2D eigenvalue weighted by Gasteiger charge is -2.16. The topological polar surface area (TPSA) is 117 Å². The van der Waals surface area contributed by atoms with Gasteiger partial charge < -0.3 is 5.32 Å². The number of aromatic nitrogens is 2. The highest BCUT2D eigenvalue weighted by Gasteiger charge is 2.20. The van der Waals surface area contributed by atoms with Crippen LogP contribution in [0.1, 0.15) is 0 Å². The fraction of sp³-hybridized carbons (Fsp3) is 0.0476. The maximum atomic E-state index is 13.1. The lowest BCUT2D eigenvalue weighted by molar-refractivity contribution is -0.0110. The van der Waals surface area contributed by atoms with E-state index in [1.165, 1.54) is 31.4 Å². The molecule has 2 radical (unpaired) electrons. The molecule has 0 aliphatic rings. The number of sulfonamides is 1. The third-order valence-electron chi connectivity index (χ3n) is 4.50. The Morgan fingerprint density at radius 3 is 2.25 bits per heavy atom. The van der Waals surface area contributed by atoms with Crippen molar-refractivity contribution in [2.45, 2.75) is 4.90 Å². The number of hydrogen-bond acceptors (Lipinski definition) is 8. The first-order chi connectivity index (χ1) is 15.4. The smallest absolute Gasteiger partial charge is 0.263 e. The van der Waals surface area contributed by atoms with Crippen LogP contribution in [0.15, 0.2) is 77.7 Å². The molecule has 0 aliphatic carbocycles. The van der Waals surface area contributed by atoms with Crippen LogP contribution in [0.2, 0.25) is 0 Å². The number of fused-ring (bicyclic) bond motifs is 1. The zero-order chi connectivity index (χ0) is 22.7. The number of benzene rings is 3. The van der Waals surface area contributed by atoms with E-state index in [1.807, 2.05) is 6.07 Å². The Bertz CT molecular complexity index is 1370. The summed E-state index contributed by atoms with van der Waals surface area (Å²) < 4.78 is 28.7. The molecule has 11 heteroatoms. The van der Waals surface area contributed by atoms with Crippen LogP contribution in [0.4, 0.5) is 23.0 Å². The van der Waals surface area contributed by atoms with Gasteiger partial charge in [-0.3, -0.25) is 14.8 Å². The van der Waals surface area contributed by atoms with Gasteiger partial charge >= 0.3 is 0 Å². The highest BCUT2D eigenvalue weighted by Crippen LogP contribution is 2.27. The molecule has 3 N–H and O–H groups in total. The van der Waals surface area contributed by atoms with E-state index in [-0.39, 0.29) is 22.2 Å². The van der Waals surface area contributed by atoms with Gasteiger partial charge in [0.2, 0.25) is 0 Å². The maximum Gasteiger partial charge on any atom is 0.263 e. The Morgan fingerprint density at radius 2 is 1.59 bits per heavy atom. The molecular weight excluding hydrogens is 429 g/mol. The second-order valence-corrected chi connectivity index (χ2v) is 8.40. The summed E-state index contributed by atoms with van der Waals surface area (Å²) in [7, 11) is 2.91. The third-order valence-corrected chi connectivity index (χ3v) is 5.83. The van der Waals surface area contributed by atoms with Crippen LogP contribution >= 0.6 is 0 Å². The van der Waals surface area contributed by atoms with Crippen molar-refractivity contribution in [3.63, 3.8) is 0 Å². The van der Waals surface area contributed by atoms with Crippen LogP contribution in [0, 0.1) is 0 Å². The summed E-state index contributed by atoms with van der Waals surface area (Å²) in [6, 6.07) is 19.6. The molecule has 0 spiro atoms. The molecule has 0 amide bonds. The van der Waals surface area contributed by atoms with E-state index in [1.54, 1.807) is 42.5 Å². The minimum absolute atomic E-state index is 0.0125. The van der Waals surface area contributed by atoms with Crippen molar-refractivity contribution >= 4 is 57.4 Å². The third kappa shape index (κ3) is 4.64. The highest BCUT2D eigenvalue weighted by molar-refractivity contribution is 7.92. The van der Waals surface area contributed by atoms with E-state index in [2.05, 4.69) is 20.0 Å². The van der Waals surface area contributed by atoms with Gasteiger partial charge in [-0.1, -0.05) is 35.8 Å². The molecule has 0 saturated heterocycles. The molecular formula is C21H18BN5O4S. The standard InChI is InChI=1S/C21H18BN5O4S/c1-31-27(28)16-5-4-6-17(13-16)32(29,30)26-21-20(23-15-11-9-14(22)10-12-15)24-18-7-2-3-8-19(18)25-21/h2-13,28H,1H3,(H,23,24)(H,25,26). The molecule has 0 unspecified atom stereocenters. The summed E-state index contributed by atoms with van der Waals surface area (Å²) in [5.74, 6) is 0.229. The van der Waals surface area contributed by atoms with Gasteiger partial charge in [0, 0.05) is 5.69 Å². The number of rotatable bonds is 7. The Labute approximate surface area is 186 Å². The predicted molar refractivity (Wildman–Crippen MR) is 123 cm³/mol. The number of nitrogens with zero attached hydrogens (tertiary/aromatic N) is 3. The average Bonchev–Trinajstić information content (AvgIpc) is 2.80. The Kier molecular flexibility index (Phi) is 5.95. The zero-order valence-corrected chi connectivity index (χ0v) is 17.7. The fourth-order valence-electron chi connectivity index (χ4n) is 2.92. The van der Waals surface area contributed by atoms with E-state index in [0.29, 0.717) is 27.4 Å². The Balaban J connectivity index is 1.74.